The van der Waals surface area contributed by atoms with Crippen molar-refractivity contribution < 1.29 is 22.7 Å². The molecule has 0 unspecified atom stereocenters. The summed E-state index contributed by atoms with van der Waals surface area (Å²) in [7, 11) is 0.0208. The summed E-state index contributed by atoms with van der Waals surface area (Å²) < 4.78 is 34.8. The number of carbonyl (C=O) groups excluding carboxylic acids is 1. The Bertz CT molecular complexity index is 879. The van der Waals surface area contributed by atoms with Gasteiger partial charge in [-0.3, -0.25) is 4.79 Å². The lowest BCUT2D eigenvalue weighted by molar-refractivity contribution is -0.118. The summed E-state index contributed by atoms with van der Waals surface area (Å²) in [6.07, 6.45) is 1.77. The minimum absolute atomic E-state index is 0.0273. The van der Waals surface area contributed by atoms with E-state index in [9.17, 15) is 13.2 Å². The van der Waals surface area contributed by atoms with Crippen LogP contribution in [0, 0.1) is 5.92 Å². The zero-order valence-corrected chi connectivity index (χ0v) is 16.2. The molecule has 3 aliphatic rings. The minimum Gasteiger partial charge on any atom is -0.493 e. The molecule has 1 aromatic carbocycles. The molecule has 0 aromatic heterocycles. The summed E-state index contributed by atoms with van der Waals surface area (Å²) in [5, 5.41) is 0.470. The first kappa shape index (κ1) is 17.7. The fraction of sp³-hybridized carbons (Fsp3) is 0.529. The third kappa shape index (κ3) is 3.18. The fourth-order valence-electron chi connectivity index (χ4n) is 3.36. The highest BCUT2D eigenvalue weighted by atomic mass is 32.2. The van der Waals surface area contributed by atoms with E-state index >= 15 is 0 Å². The molecule has 9 heteroatoms. The predicted molar refractivity (Wildman–Crippen MR) is 101 cm³/mol. The number of nitrogens with zero attached hydrogens (tertiary/aromatic N) is 2. The van der Waals surface area contributed by atoms with Crippen molar-refractivity contribution in [3.05, 3.63) is 18.2 Å². The van der Waals surface area contributed by atoms with E-state index in [2.05, 4.69) is 4.99 Å². The third-order valence-corrected chi connectivity index (χ3v) is 8.05. The standard InChI is InChI=1S/C17H20N2O5S2/c1-23-13-6-5-11(7-14(13)24-2)19-12-8-26(21,22)9-15(12)25-17(19)18-16(20)10-3-4-10/h5-7,10,12,15H,3-4,8-9H2,1-2H3/t12-,15+/m1/s1. The number of rotatable bonds is 4. The SMILES string of the molecule is COc1ccc(N2C(=NC(=O)C3CC3)S[C@H]3CS(=O)(=O)C[C@H]32)cc1OC. The second-order valence-electron chi connectivity index (χ2n) is 6.72. The Morgan fingerprint density at radius 2 is 1.92 bits per heavy atom. The fourth-order valence-corrected chi connectivity index (χ4v) is 7.28. The molecule has 2 atom stereocenters. The van der Waals surface area contributed by atoms with E-state index in [1.807, 2.05) is 11.0 Å². The van der Waals surface area contributed by atoms with Crippen molar-refractivity contribution in [3.8, 4) is 11.5 Å². The number of fused-ring (bicyclic) bond motifs is 1. The Balaban J connectivity index is 1.74. The van der Waals surface area contributed by atoms with Crippen LogP contribution in [0.25, 0.3) is 0 Å². The van der Waals surface area contributed by atoms with Crippen molar-refractivity contribution in [2.24, 2.45) is 10.9 Å². The van der Waals surface area contributed by atoms with Gasteiger partial charge in [-0.25, -0.2) is 8.42 Å². The van der Waals surface area contributed by atoms with E-state index < -0.39 is 9.84 Å². The first-order valence-electron chi connectivity index (χ1n) is 8.43. The number of benzene rings is 1. The molecule has 140 valence electrons. The van der Waals surface area contributed by atoms with Gasteiger partial charge in [-0.2, -0.15) is 4.99 Å². The highest BCUT2D eigenvalue weighted by Crippen LogP contribution is 2.43. The van der Waals surface area contributed by atoms with Crippen molar-refractivity contribution in [2.75, 3.05) is 30.6 Å². The molecule has 1 saturated carbocycles. The van der Waals surface area contributed by atoms with Crippen molar-refractivity contribution >= 4 is 38.4 Å². The van der Waals surface area contributed by atoms with Gasteiger partial charge in [0.05, 0.1) is 31.8 Å². The van der Waals surface area contributed by atoms with Gasteiger partial charge in [-0.15, -0.1) is 0 Å². The quantitative estimate of drug-likeness (QED) is 0.766. The number of sulfone groups is 1. The molecule has 0 N–H and O–H groups in total. The van der Waals surface area contributed by atoms with E-state index in [0.29, 0.717) is 16.7 Å². The molecule has 1 aliphatic carbocycles. The molecule has 7 nitrogen and oxygen atoms in total. The van der Waals surface area contributed by atoms with Crippen molar-refractivity contribution in [1.29, 1.82) is 0 Å². The molecule has 2 aliphatic heterocycles. The highest BCUT2D eigenvalue weighted by molar-refractivity contribution is 8.16. The third-order valence-electron chi connectivity index (χ3n) is 4.84. The largest absolute Gasteiger partial charge is 0.493 e. The highest BCUT2D eigenvalue weighted by Gasteiger charge is 2.49. The van der Waals surface area contributed by atoms with Crippen LogP contribution in [0.4, 0.5) is 5.69 Å². The number of amides is 1. The second kappa shape index (κ2) is 6.45. The van der Waals surface area contributed by atoms with Crippen LogP contribution in [-0.2, 0) is 14.6 Å². The normalized spacial score (nSPS) is 28.2. The number of ether oxygens (including phenoxy) is 2. The molecule has 3 fully saturated rings. The lowest BCUT2D eigenvalue weighted by Gasteiger charge is -2.25. The predicted octanol–water partition coefficient (Wildman–Crippen LogP) is 1.72. The Kier molecular flexibility index (Phi) is 4.38. The van der Waals surface area contributed by atoms with E-state index in [4.69, 9.17) is 9.47 Å². The van der Waals surface area contributed by atoms with Gasteiger partial charge in [0, 0.05) is 22.9 Å². The molecule has 1 aromatic rings. The van der Waals surface area contributed by atoms with Crippen molar-refractivity contribution in [1.82, 2.24) is 0 Å². The molecule has 4 rings (SSSR count). The first-order chi connectivity index (χ1) is 12.4. The molecule has 1 amide bonds. The van der Waals surface area contributed by atoms with E-state index in [1.54, 1.807) is 26.4 Å². The van der Waals surface area contributed by atoms with Crippen molar-refractivity contribution in [2.45, 2.75) is 24.1 Å². The lowest BCUT2D eigenvalue weighted by Crippen LogP contribution is -2.37. The summed E-state index contributed by atoms with van der Waals surface area (Å²) >= 11 is 1.39. The molecular weight excluding hydrogens is 376 g/mol. The monoisotopic (exact) mass is 396 g/mol. The minimum atomic E-state index is -3.09. The summed E-state index contributed by atoms with van der Waals surface area (Å²) in [6.45, 7) is 0. The molecular formula is C17H20N2O5S2. The van der Waals surface area contributed by atoms with E-state index in [-0.39, 0.29) is 34.6 Å². The van der Waals surface area contributed by atoms with Crippen LogP contribution in [0.3, 0.4) is 0 Å². The maximum atomic E-state index is 12.2. The molecule has 0 spiro atoms. The van der Waals surface area contributed by atoms with Crippen LogP contribution >= 0.6 is 11.8 Å². The summed E-state index contributed by atoms with van der Waals surface area (Å²) in [5.41, 5.74) is 0.752. The zero-order chi connectivity index (χ0) is 18.5. The van der Waals surface area contributed by atoms with Crippen molar-refractivity contribution in [3.63, 3.8) is 0 Å². The van der Waals surface area contributed by atoms with Gasteiger partial charge in [0.2, 0.25) is 0 Å². The zero-order valence-electron chi connectivity index (χ0n) is 14.5. The van der Waals surface area contributed by atoms with Crippen LogP contribution in [0.1, 0.15) is 12.8 Å². The number of hydrogen-bond acceptors (Lipinski definition) is 6. The first-order valence-corrected chi connectivity index (χ1v) is 11.1. The Labute approximate surface area is 156 Å². The molecule has 0 bridgehead atoms. The summed E-state index contributed by atoms with van der Waals surface area (Å²) in [6, 6.07) is 5.18. The smallest absolute Gasteiger partial charge is 0.251 e. The van der Waals surface area contributed by atoms with Crippen LogP contribution < -0.4 is 14.4 Å². The van der Waals surface area contributed by atoms with Gasteiger partial charge in [0.25, 0.3) is 5.91 Å². The van der Waals surface area contributed by atoms with Gasteiger partial charge < -0.3 is 14.4 Å². The molecule has 2 heterocycles. The summed E-state index contributed by atoms with van der Waals surface area (Å²) in [5.74, 6) is 1.23. The van der Waals surface area contributed by atoms with Gasteiger partial charge >= 0.3 is 0 Å². The van der Waals surface area contributed by atoms with Gasteiger partial charge in [-0.05, 0) is 25.0 Å². The van der Waals surface area contributed by atoms with E-state index in [1.165, 1.54) is 11.8 Å². The summed E-state index contributed by atoms with van der Waals surface area (Å²) in [4.78, 5) is 18.4. The Morgan fingerprint density at radius 1 is 1.19 bits per heavy atom. The van der Waals surface area contributed by atoms with Crippen LogP contribution in [0.15, 0.2) is 23.2 Å². The molecule has 2 saturated heterocycles. The van der Waals surface area contributed by atoms with E-state index in [0.717, 1.165) is 18.5 Å². The topological polar surface area (TPSA) is 85.3 Å². The van der Waals surface area contributed by atoms with Crippen LogP contribution in [-0.4, -0.2) is 56.5 Å². The maximum Gasteiger partial charge on any atom is 0.251 e. The van der Waals surface area contributed by atoms with Crippen LogP contribution in [0.5, 0.6) is 11.5 Å². The number of thioether (sulfide) groups is 1. The maximum absolute atomic E-state index is 12.2. The Hall–Kier alpha value is -1.74. The van der Waals surface area contributed by atoms with Crippen LogP contribution in [0.2, 0.25) is 0 Å². The van der Waals surface area contributed by atoms with Gasteiger partial charge in [0.15, 0.2) is 26.5 Å². The Morgan fingerprint density at radius 3 is 2.58 bits per heavy atom. The average molecular weight is 396 g/mol. The number of aliphatic imine (C=N–C) groups is 1. The number of hydrogen-bond donors (Lipinski definition) is 0. The average Bonchev–Trinajstić information content (AvgIpc) is 3.35. The number of methoxy groups -OCH3 is 2. The number of anilines is 1. The van der Waals surface area contributed by atoms with Gasteiger partial charge in [-0.1, -0.05) is 11.8 Å². The second-order valence-corrected chi connectivity index (χ2v) is 10.1. The molecule has 0 radical (unpaired) electrons. The number of carbonyl (C=O) groups is 1. The molecule has 26 heavy (non-hydrogen) atoms. The number of amidine groups is 1. The lowest BCUT2D eigenvalue weighted by atomic mass is 10.2. The van der Waals surface area contributed by atoms with Gasteiger partial charge in [0.1, 0.15) is 0 Å².